The minimum absolute atomic E-state index is 0.0328. The number of aryl methyl sites for hydroxylation is 2. The Labute approximate surface area is 155 Å². The van der Waals surface area contributed by atoms with Crippen molar-refractivity contribution in [2.45, 2.75) is 20.8 Å². The van der Waals surface area contributed by atoms with Crippen molar-refractivity contribution in [1.29, 1.82) is 0 Å². The molecule has 26 heavy (non-hydrogen) atoms. The van der Waals surface area contributed by atoms with Gasteiger partial charge < -0.3 is 19.9 Å². The third kappa shape index (κ3) is 3.77. The van der Waals surface area contributed by atoms with E-state index in [2.05, 4.69) is 42.3 Å². The minimum Gasteiger partial charge on any atom is -0.495 e. The van der Waals surface area contributed by atoms with Gasteiger partial charge in [-0.25, -0.2) is 4.79 Å². The average molecular weight is 353 g/mol. The monoisotopic (exact) mass is 353 g/mol. The summed E-state index contributed by atoms with van der Waals surface area (Å²) >= 11 is 0. The SMILES string of the molecule is COc1ccc(C)cc1N1CCN(C(=O)Nc2cccc(C)c2C)CC1. The highest BCUT2D eigenvalue weighted by molar-refractivity contribution is 5.90. The predicted molar refractivity (Wildman–Crippen MR) is 106 cm³/mol. The molecule has 138 valence electrons. The van der Waals surface area contributed by atoms with Crippen molar-refractivity contribution in [1.82, 2.24) is 4.90 Å². The van der Waals surface area contributed by atoms with Gasteiger partial charge >= 0.3 is 6.03 Å². The predicted octanol–water partition coefficient (Wildman–Crippen LogP) is 3.97. The van der Waals surface area contributed by atoms with E-state index in [1.165, 1.54) is 11.1 Å². The Balaban J connectivity index is 1.64. The largest absolute Gasteiger partial charge is 0.495 e. The van der Waals surface area contributed by atoms with Crippen molar-refractivity contribution in [3.05, 3.63) is 53.1 Å². The second kappa shape index (κ2) is 7.68. The fraction of sp³-hybridized carbons (Fsp3) is 0.381. The molecule has 0 unspecified atom stereocenters. The van der Waals surface area contributed by atoms with Gasteiger partial charge in [0.25, 0.3) is 0 Å². The van der Waals surface area contributed by atoms with Crippen LogP contribution in [-0.2, 0) is 0 Å². The topological polar surface area (TPSA) is 44.8 Å². The summed E-state index contributed by atoms with van der Waals surface area (Å²) in [5, 5.41) is 3.05. The molecular formula is C21H27N3O2. The zero-order chi connectivity index (χ0) is 18.7. The van der Waals surface area contributed by atoms with E-state index in [1.54, 1.807) is 7.11 Å². The van der Waals surface area contributed by atoms with Gasteiger partial charge in [0.15, 0.2) is 0 Å². The summed E-state index contributed by atoms with van der Waals surface area (Å²) in [6.45, 7) is 9.13. The molecule has 1 aliphatic rings. The number of methoxy groups -OCH3 is 1. The normalized spacial score (nSPS) is 14.3. The van der Waals surface area contributed by atoms with Crippen LogP contribution in [0.2, 0.25) is 0 Å². The molecule has 3 rings (SSSR count). The van der Waals surface area contributed by atoms with E-state index in [1.807, 2.05) is 30.0 Å². The second-order valence-corrected chi connectivity index (χ2v) is 6.83. The molecule has 2 aromatic carbocycles. The first-order valence-electron chi connectivity index (χ1n) is 9.01. The Bertz CT molecular complexity index is 796. The summed E-state index contributed by atoms with van der Waals surface area (Å²) in [6, 6.07) is 12.1. The highest BCUT2D eigenvalue weighted by atomic mass is 16.5. The number of rotatable bonds is 3. The van der Waals surface area contributed by atoms with Gasteiger partial charge in [0.1, 0.15) is 5.75 Å². The fourth-order valence-corrected chi connectivity index (χ4v) is 3.28. The van der Waals surface area contributed by atoms with Crippen LogP contribution in [0.4, 0.5) is 16.2 Å². The van der Waals surface area contributed by atoms with E-state index in [0.29, 0.717) is 13.1 Å². The molecule has 1 N–H and O–H groups in total. The first kappa shape index (κ1) is 18.1. The maximum Gasteiger partial charge on any atom is 0.321 e. The van der Waals surface area contributed by atoms with Crippen LogP contribution in [0.25, 0.3) is 0 Å². The molecule has 2 amide bonds. The van der Waals surface area contributed by atoms with E-state index < -0.39 is 0 Å². The van der Waals surface area contributed by atoms with Crippen LogP contribution in [0.5, 0.6) is 5.75 Å². The third-order valence-electron chi connectivity index (χ3n) is 5.09. The molecule has 0 bridgehead atoms. The molecule has 5 heteroatoms. The van der Waals surface area contributed by atoms with Crippen molar-refractivity contribution in [2.24, 2.45) is 0 Å². The molecule has 2 aromatic rings. The molecule has 0 saturated carbocycles. The number of urea groups is 1. The number of piperazine rings is 1. The lowest BCUT2D eigenvalue weighted by atomic mass is 10.1. The van der Waals surface area contributed by atoms with Crippen molar-refractivity contribution in [3.63, 3.8) is 0 Å². The van der Waals surface area contributed by atoms with Gasteiger partial charge in [0, 0.05) is 31.9 Å². The lowest BCUT2D eigenvalue weighted by Gasteiger charge is -2.36. The Morgan fingerprint density at radius 1 is 1.04 bits per heavy atom. The van der Waals surface area contributed by atoms with Gasteiger partial charge in [0.2, 0.25) is 0 Å². The summed E-state index contributed by atoms with van der Waals surface area (Å²) < 4.78 is 5.50. The van der Waals surface area contributed by atoms with E-state index in [0.717, 1.165) is 35.8 Å². The number of anilines is 2. The summed E-state index contributed by atoms with van der Waals surface area (Å²) in [5.74, 6) is 0.879. The molecular weight excluding hydrogens is 326 g/mol. The number of ether oxygens (including phenoxy) is 1. The molecule has 0 radical (unpaired) electrons. The summed E-state index contributed by atoms with van der Waals surface area (Å²) in [6.07, 6.45) is 0. The number of hydrogen-bond acceptors (Lipinski definition) is 3. The minimum atomic E-state index is -0.0328. The van der Waals surface area contributed by atoms with Gasteiger partial charge in [-0.1, -0.05) is 18.2 Å². The zero-order valence-electron chi connectivity index (χ0n) is 16.0. The number of carbonyl (C=O) groups is 1. The first-order valence-corrected chi connectivity index (χ1v) is 9.01. The maximum atomic E-state index is 12.6. The van der Waals surface area contributed by atoms with Crippen LogP contribution in [-0.4, -0.2) is 44.2 Å². The number of hydrogen-bond donors (Lipinski definition) is 1. The van der Waals surface area contributed by atoms with Crippen LogP contribution >= 0.6 is 0 Å². The number of nitrogens with zero attached hydrogens (tertiary/aromatic N) is 2. The number of amides is 2. The molecule has 1 fully saturated rings. The summed E-state index contributed by atoms with van der Waals surface area (Å²) in [4.78, 5) is 16.8. The average Bonchev–Trinajstić information content (AvgIpc) is 2.65. The van der Waals surface area contributed by atoms with Gasteiger partial charge in [-0.05, 0) is 55.7 Å². The van der Waals surface area contributed by atoms with Gasteiger partial charge in [-0.2, -0.15) is 0 Å². The Hall–Kier alpha value is -2.69. The number of carbonyl (C=O) groups excluding carboxylic acids is 1. The molecule has 1 aliphatic heterocycles. The van der Waals surface area contributed by atoms with Gasteiger partial charge in [0.05, 0.1) is 12.8 Å². The third-order valence-corrected chi connectivity index (χ3v) is 5.09. The molecule has 0 spiro atoms. The summed E-state index contributed by atoms with van der Waals surface area (Å²) in [7, 11) is 1.70. The number of nitrogens with one attached hydrogen (secondary N) is 1. The van der Waals surface area contributed by atoms with E-state index in [9.17, 15) is 4.79 Å². The van der Waals surface area contributed by atoms with Crippen molar-refractivity contribution in [2.75, 3.05) is 43.5 Å². The smallest absolute Gasteiger partial charge is 0.321 e. The Morgan fingerprint density at radius 2 is 1.77 bits per heavy atom. The molecule has 5 nitrogen and oxygen atoms in total. The van der Waals surface area contributed by atoms with E-state index >= 15 is 0 Å². The molecule has 0 aliphatic carbocycles. The lowest BCUT2D eigenvalue weighted by Crippen LogP contribution is -2.50. The van der Waals surface area contributed by atoms with Crippen molar-refractivity contribution in [3.8, 4) is 5.75 Å². The van der Waals surface area contributed by atoms with Crippen molar-refractivity contribution < 1.29 is 9.53 Å². The zero-order valence-corrected chi connectivity index (χ0v) is 16.0. The van der Waals surface area contributed by atoms with E-state index in [-0.39, 0.29) is 6.03 Å². The van der Waals surface area contributed by atoms with Gasteiger partial charge in [-0.15, -0.1) is 0 Å². The summed E-state index contributed by atoms with van der Waals surface area (Å²) in [5.41, 5.74) is 5.49. The highest BCUT2D eigenvalue weighted by Crippen LogP contribution is 2.30. The first-order chi connectivity index (χ1) is 12.5. The fourth-order valence-electron chi connectivity index (χ4n) is 3.28. The molecule has 0 atom stereocenters. The van der Waals surface area contributed by atoms with E-state index in [4.69, 9.17) is 4.74 Å². The molecule has 1 heterocycles. The van der Waals surface area contributed by atoms with Crippen LogP contribution in [0, 0.1) is 20.8 Å². The highest BCUT2D eigenvalue weighted by Gasteiger charge is 2.23. The van der Waals surface area contributed by atoms with Crippen LogP contribution in [0.1, 0.15) is 16.7 Å². The second-order valence-electron chi connectivity index (χ2n) is 6.83. The van der Waals surface area contributed by atoms with Crippen molar-refractivity contribution >= 4 is 17.4 Å². The Morgan fingerprint density at radius 3 is 2.46 bits per heavy atom. The number of benzene rings is 2. The van der Waals surface area contributed by atoms with Crippen LogP contribution < -0.4 is 15.0 Å². The molecule has 1 saturated heterocycles. The maximum absolute atomic E-state index is 12.6. The molecule has 0 aromatic heterocycles. The Kier molecular flexibility index (Phi) is 5.35. The lowest BCUT2D eigenvalue weighted by molar-refractivity contribution is 0.208. The van der Waals surface area contributed by atoms with Gasteiger partial charge in [-0.3, -0.25) is 0 Å². The van der Waals surface area contributed by atoms with Crippen LogP contribution in [0.3, 0.4) is 0 Å². The quantitative estimate of drug-likeness (QED) is 0.908. The standard InChI is InChI=1S/C21H27N3O2/c1-15-8-9-20(26-4)19(14-15)23-10-12-24(13-11-23)21(25)22-18-7-5-6-16(2)17(18)3/h5-9,14H,10-13H2,1-4H3,(H,22,25). The van der Waals surface area contributed by atoms with Crippen LogP contribution in [0.15, 0.2) is 36.4 Å².